The molecule has 1 aliphatic rings. The summed E-state index contributed by atoms with van der Waals surface area (Å²) in [5, 5.41) is 10.6. The Morgan fingerprint density at radius 2 is 1.92 bits per heavy atom. The summed E-state index contributed by atoms with van der Waals surface area (Å²) in [6, 6.07) is 2.10. The Morgan fingerprint density at radius 1 is 1.21 bits per heavy atom. The van der Waals surface area contributed by atoms with Gasteiger partial charge in [0.1, 0.15) is 23.6 Å². The van der Waals surface area contributed by atoms with E-state index >= 15 is 0 Å². The van der Waals surface area contributed by atoms with Gasteiger partial charge in [-0.3, -0.25) is 0 Å². The molecule has 24 heavy (non-hydrogen) atoms. The van der Waals surface area contributed by atoms with Gasteiger partial charge in [-0.05, 0) is 31.6 Å². The summed E-state index contributed by atoms with van der Waals surface area (Å²) in [7, 11) is 1.93. The molecular weight excluding hydrogens is 302 g/mol. The number of anilines is 1. The van der Waals surface area contributed by atoms with Crippen molar-refractivity contribution in [2.45, 2.75) is 45.6 Å². The monoisotopic (exact) mass is 329 g/mol. The van der Waals surface area contributed by atoms with Crippen LogP contribution in [0.4, 0.5) is 5.82 Å². The summed E-state index contributed by atoms with van der Waals surface area (Å²) in [6.45, 7) is 8.06. The highest BCUT2D eigenvalue weighted by Crippen LogP contribution is 2.31. The third-order valence-corrected chi connectivity index (χ3v) is 4.87. The van der Waals surface area contributed by atoms with Gasteiger partial charge < -0.3 is 14.6 Å². The van der Waals surface area contributed by atoms with Gasteiger partial charge in [-0.25, -0.2) is 15.0 Å². The van der Waals surface area contributed by atoms with Gasteiger partial charge in [0.05, 0.1) is 0 Å². The van der Waals surface area contributed by atoms with Crippen molar-refractivity contribution in [3.05, 3.63) is 35.8 Å². The number of imidazole rings is 1. The number of hydrogen-bond acceptors (Lipinski definition) is 5. The standard InChI is InChI=1S/C18H27N5O/c1-12(2)15-11-16(21-13(3)20-15)23-8-5-14(6-9-23)17(24)18-19-7-10-22(18)4/h7,10-12,14,17,24H,5-6,8-9H2,1-4H3/t17-/m1/s1. The van der Waals surface area contributed by atoms with Gasteiger partial charge >= 0.3 is 0 Å². The Morgan fingerprint density at radius 3 is 2.50 bits per heavy atom. The molecule has 6 nitrogen and oxygen atoms in total. The summed E-state index contributed by atoms with van der Waals surface area (Å²) in [5.74, 6) is 3.24. The van der Waals surface area contributed by atoms with Crippen LogP contribution in [0, 0.1) is 12.8 Å². The quantitative estimate of drug-likeness (QED) is 0.934. The fraction of sp³-hybridized carbons (Fsp3) is 0.611. The van der Waals surface area contributed by atoms with Crippen LogP contribution in [0.5, 0.6) is 0 Å². The first-order valence-corrected chi connectivity index (χ1v) is 8.71. The molecule has 0 radical (unpaired) electrons. The normalized spacial score (nSPS) is 17.5. The van der Waals surface area contributed by atoms with Gasteiger partial charge in [0.15, 0.2) is 0 Å². The van der Waals surface area contributed by atoms with Crippen molar-refractivity contribution in [1.82, 2.24) is 19.5 Å². The molecule has 0 unspecified atom stereocenters. The van der Waals surface area contributed by atoms with Crippen molar-refractivity contribution in [1.29, 1.82) is 0 Å². The lowest BCUT2D eigenvalue weighted by molar-refractivity contribution is 0.0824. The molecule has 1 saturated heterocycles. The molecule has 1 fully saturated rings. The fourth-order valence-corrected chi connectivity index (χ4v) is 3.35. The van der Waals surface area contributed by atoms with Crippen LogP contribution in [-0.4, -0.2) is 37.7 Å². The van der Waals surface area contributed by atoms with E-state index in [1.54, 1.807) is 6.20 Å². The van der Waals surface area contributed by atoms with E-state index in [2.05, 4.69) is 39.8 Å². The Kier molecular flexibility index (Phi) is 4.85. The first-order valence-electron chi connectivity index (χ1n) is 8.71. The summed E-state index contributed by atoms with van der Waals surface area (Å²) in [4.78, 5) is 15.7. The zero-order valence-electron chi connectivity index (χ0n) is 15.0. The highest BCUT2D eigenvalue weighted by atomic mass is 16.3. The fourth-order valence-electron chi connectivity index (χ4n) is 3.35. The minimum absolute atomic E-state index is 0.245. The molecule has 1 N–H and O–H groups in total. The molecule has 2 aromatic heterocycles. The molecule has 0 aromatic carbocycles. The third-order valence-electron chi connectivity index (χ3n) is 4.87. The van der Waals surface area contributed by atoms with Crippen molar-refractivity contribution in [3.63, 3.8) is 0 Å². The van der Waals surface area contributed by atoms with Crippen LogP contribution in [0.3, 0.4) is 0 Å². The van der Waals surface area contributed by atoms with E-state index in [4.69, 9.17) is 0 Å². The Bertz CT molecular complexity index is 688. The number of aliphatic hydroxyl groups is 1. The number of nitrogens with zero attached hydrogens (tertiary/aromatic N) is 5. The summed E-state index contributed by atoms with van der Waals surface area (Å²) in [5.41, 5.74) is 1.09. The van der Waals surface area contributed by atoms with Crippen molar-refractivity contribution < 1.29 is 5.11 Å². The van der Waals surface area contributed by atoms with Gasteiger partial charge in [-0.1, -0.05) is 13.8 Å². The van der Waals surface area contributed by atoms with E-state index in [1.165, 1.54) is 0 Å². The largest absolute Gasteiger partial charge is 0.385 e. The maximum absolute atomic E-state index is 10.6. The highest BCUT2D eigenvalue weighted by molar-refractivity contribution is 5.41. The Hall–Kier alpha value is -1.95. The lowest BCUT2D eigenvalue weighted by atomic mass is 9.90. The van der Waals surface area contributed by atoms with Gasteiger partial charge in [0, 0.05) is 44.3 Å². The number of hydrogen-bond donors (Lipinski definition) is 1. The van der Waals surface area contributed by atoms with Crippen LogP contribution in [0.15, 0.2) is 18.5 Å². The Balaban J connectivity index is 1.68. The van der Waals surface area contributed by atoms with E-state index in [-0.39, 0.29) is 5.92 Å². The minimum atomic E-state index is -0.495. The number of aromatic nitrogens is 4. The minimum Gasteiger partial charge on any atom is -0.385 e. The second-order valence-electron chi connectivity index (χ2n) is 7.02. The molecule has 1 atom stereocenters. The summed E-state index contributed by atoms with van der Waals surface area (Å²) < 4.78 is 1.90. The highest BCUT2D eigenvalue weighted by Gasteiger charge is 2.29. The van der Waals surface area contributed by atoms with Crippen molar-refractivity contribution >= 4 is 5.82 Å². The van der Waals surface area contributed by atoms with Gasteiger partial charge in [0.2, 0.25) is 0 Å². The van der Waals surface area contributed by atoms with Gasteiger partial charge in [0.25, 0.3) is 0 Å². The van der Waals surface area contributed by atoms with E-state index in [0.717, 1.165) is 49.1 Å². The van der Waals surface area contributed by atoms with Gasteiger partial charge in [-0.15, -0.1) is 0 Å². The van der Waals surface area contributed by atoms with E-state index in [0.29, 0.717) is 5.92 Å². The zero-order chi connectivity index (χ0) is 17.3. The van der Waals surface area contributed by atoms with E-state index < -0.39 is 6.10 Å². The molecule has 0 amide bonds. The predicted molar refractivity (Wildman–Crippen MR) is 94.0 cm³/mol. The van der Waals surface area contributed by atoms with Crippen LogP contribution in [0.25, 0.3) is 0 Å². The average Bonchev–Trinajstić information content (AvgIpc) is 2.99. The summed E-state index contributed by atoms with van der Waals surface area (Å²) >= 11 is 0. The van der Waals surface area contributed by atoms with Crippen molar-refractivity contribution in [2.24, 2.45) is 13.0 Å². The average molecular weight is 329 g/mol. The topological polar surface area (TPSA) is 67.1 Å². The van der Waals surface area contributed by atoms with E-state index in [1.807, 2.05) is 24.7 Å². The van der Waals surface area contributed by atoms with Crippen molar-refractivity contribution in [2.75, 3.05) is 18.0 Å². The molecule has 1 aliphatic heterocycles. The summed E-state index contributed by atoms with van der Waals surface area (Å²) in [6.07, 6.45) is 5.00. The molecule has 0 bridgehead atoms. The molecule has 3 heterocycles. The smallest absolute Gasteiger partial charge is 0.137 e. The first-order chi connectivity index (χ1) is 11.5. The Labute approximate surface area is 143 Å². The zero-order valence-corrected chi connectivity index (χ0v) is 15.0. The second-order valence-corrected chi connectivity index (χ2v) is 7.02. The number of aryl methyl sites for hydroxylation is 2. The van der Waals surface area contributed by atoms with E-state index in [9.17, 15) is 5.11 Å². The molecule has 0 saturated carbocycles. The number of piperidine rings is 1. The molecule has 0 spiro atoms. The van der Waals surface area contributed by atoms with Gasteiger partial charge in [-0.2, -0.15) is 0 Å². The predicted octanol–water partition coefficient (Wildman–Crippen LogP) is 2.59. The third kappa shape index (κ3) is 3.43. The first kappa shape index (κ1) is 16.9. The number of aliphatic hydroxyl groups excluding tert-OH is 1. The van der Waals surface area contributed by atoms with Crippen LogP contribution in [0.2, 0.25) is 0 Å². The van der Waals surface area contributed by atoms with Crippen LogP contribution in [0.1, 0.15) is 56.1 Å². The molecule has 2 aromatic rings. The molecule has 3 rings (SSSR count). The lowest BCUT2D eigenvalue weighted by Gasteiger charge is -2.35. The molecule has 130 valence electrons. The van der Waals surface area contributed by atoms with Crippen LogP contribution < -0.4 is 4.90 Å². The van der Waals surface area contributed by atoms with Crippen LogP contribution >= 0.6 is 0 Å². The van der Waals surface area contributed by atoms with Crippen LogP contribution in [-0.2, 0) is 7.05 Å². The lowest BCUT2D eigenvalue weighted by Crippen LogP contribution is -2.36. The second kappa shape index (κ2) is 6.89. The van der Waals surface area contributed by atoms with Crippen molar-refractivity contribution in [3.8, 4) is 0 Å². The molecule has 0 aliphatic carbocycles. The SMILES string of the molecule is Cc1nc(C(C)C)cc(N2CCC([C@@H](O)c3nccn3C)CC2)n1. The number of rotatable bonds is 4. The molecule has 6 heteroatoms. The maximum Gasteiger partial charge on any atom is 0.137 e. The molecular formula is C18H27N5O. The maximum atomic E-state index is 10.6.